The first-order valence-electron chi connectivity index (χ1n) is 10.5. The standard InChI is InChI=1S/C23H30N2O3/c1-18-5-8-22(27-18)17-24-15-11-21(12-16-24)28-20-9-6-19(7-10-20)23(26)25-13-3-2-4-14-25/h5-10,21H,2-4,11-17H2,1H3. The number of likely N-dealkylation sites (tertiary alicyclic amines) is 2. The number of nitrogens with zero attached hydrogens (tertiary/aromatic N) is 2. The summed E-state index contributed by atoms with van der Waals surface area (Å²) in [6.07, 6.45) is 5.72. The Hall–Kier alpha value is -2.27. The maximum absolute atomic E-state index is 12.6. The highest BCUT2D eigenvalue weighted by molar-refractivity contribution is 5.94. The summed E-state index contributed by atoms with van der Waals surface area (Å²) in [4.78, 5) is 16.9. The van der Waals surface area contributed by atoms with Crippen LogP contribution in [0.25, 0.3) is 0 Å². The molecule has 0 atom stereocenters. The lowest BCUT2D eigenvalue weighted by atomic mass is 10.1. The van der Waals surface area contributed by atoms with Gasteiger partial charge in [-0.15, -0.1) is 0 Å². The van der Waals surface area contributed by atoms with E-state index in [0.29, 0.717) is 0 Å². The van der Waals surface area contributed by atoms with Gasteiger partial charge in [-0.1, -0.05) is 0 Å². The van der Waals surface area contributed by atoms with Crippen LogP contribution >= 0.6 is 0 Å². The summed E-state index contributed by atoms with van der Waals surface area (Å²) in [5, 5.41) is 0. The molecule has 0 bridgehead atoms. The summed E-state index contributed by atoms with van der Waals surface area (Å²) in [6, 6.07) is 11.8. The quantitative estimate of drug-likeness (QED) is 0.775. The van der Waals surface area contributed by atoms with Crippen molar-refractivity contribution in [3.05, 3.63) is 53.5 Å². The van der Waals surface area contributed by atoms with Crippen LogP contribution in [-0.2, 0) is 6.54 Å². The minimum atomic E-state index is 0.146. The van der Waals surface area contributed by atoms with Gasteiger partial charge >= 0.3 is 0 Å². The van der Waals surface area contributed by atoms with E-state index < -0.39 is 0 Å². The highest BCUT2D eigenvalue weighted by Gasteiger charge is 2.22. The Morgan fingerprint density at radius 2 is 1.71 bits per heavy atom. The van der Waals surface area contributed by atoms with E-state index in [-0.39, 0.29) is 12.0 Å². The second-order valence-corrected chi connectivity index (χ2v) is 7.98. The zero-order chi connectivity index (χ0) is 19.3. The Balaban J connectivity index is 1.25. The van der Waals surface area contributed by atoms with Gasteiger partial charge in [0.05, 0.1) is 6.54 Å². The first-order chi connectivity index (χ1) is 13.7. The largest absolute Gasteiger partial charge is 0.490 e. The number of amides is 1. The van der Waals surface area contributed by atoms with Gasteiger partial charge in [-0.2, -0.15) is 0 Å². The van der Waals surface area contributed by atoms with Crippen molar-refractivity contribution < 1.29 is 13.9 Å². The van der Waals surface area contributed by atoms with Crippen molar-refractivity contribution in [3.63, 3.8) is 0 Å². The van der Waals surface area contributed by atoms with Crippen molar-refractivity contribution in [2.24, 2.45) is 0 Å². The molecular weight excluding hydrogens is 352 g/mol. The Morgan fingerprint density at radius 1 is 1.00 bits per heavy atom. The van der Waals surface area contributed by atoms with Gasteiger partial charge in [-0.3, -0.25) is 9.69 Å². The number of rotatable bonds is 5. The van der Waals surface area contributed by atoms with Gasteiger partial charge in [-0.25, -0.2) is 0 Å². The molecule has 5 nitrogen and oxygen atoms in total. The molecule has 2 aliphatic heterocycles. The van der Waals surface area contributed by atoms with E-state index >= 15 is 0 Å². The predicted molar refractivity (Wildman–Crippen MR) is 109 cm³/mol. The molecule has 0 spiro atoms. The summed E-state index contributed by atoms with van der Waals surface area (Å²) in [5.41, 5.74) is 0.762. The monoisotopic (exact) mass is 382 g/mol. The molecule has 0 aliphatic carbocycles. The number of carbonyl (C=O) groups excluding carboxylic acids is 1. The molecule has 2 aromatic rings. The van der Waals surface area contributed by atoms with Crippen LogP contribution < -0.4 is 4.74 Å². The number of benzene rings is 1. The lowest BCUT2D eigenvalue weighted by Gasteiger charge is -2.31. The van der Waals surface area contributed by atoms with Crippen LogP contribution in [0.1, 0.15) is 54.0 Å². The zero-order valence-corrected chi connectivity index (χ0v) is 16.7. The molecule has 3 heterocycles. The molecule has 1 amide bonds. The number of carbonyl (C=O) groups is 1. The first-order valence-corrected chi connectivity index (χ1v) is 10.5. The minimum Gasteiger partial charge on any atom is -0.490 e. The van der Waals surface area contributed by atoms with E-state index in [1.54, 1.807) is 0 Å². The van der Waals surface area contributed by atoms with Gasteiger partial charge in [0.25, 0.3) is 5.91 Å². The third-order valence-corrected chi connectivity index (χ3v) is 5.76. The normalized spacial score (nSPS) is 19.0. The number of furan rings is 1. The second-order valence-electron chi connectivity index (χ2n) is 7.98. The molecule has 1 aromatic heterocycles. The smallest absolute Gasteiger partial charge is 0.253 e. The molecule has 150 valence electrons. The Bertz CT molecular complexity index is 769. The van der Waals surface area contributed by atoms with Crippen molar-refractivity contribution in [1.82, 2.24) is 9.80 Å². The number of ether oxygens (including phenoxy) is 1. The average Bonchev–Trinajstić information content (AvgIpc) is 3.15. The van der Waals surface area contributed by atoms with Crippen LogP contribution in [0.5, 0.6) is 5.75 Å². The van der Waals surface area contributed by atoms with Gasteiger partial charge in [-0.05, 0) is 75.4 Å². The maximum Gasteiger partial charge on any atom is 0.253 e. The second kappa shape index (κ2) is 8.82. The predicted octanol–water partition coefficient (Wildman–Crippen LogP) is 4.26. The van der Waals surface area contributed by atoms with E-state index in [0.717, 1.165) is 81.2 Å². The fraction of sp³-hybridized carbons (Fsp3) is 0.522. The van der Waals surface area contributed by atoms with Gasteiger partial charge in [0.15, 0.2) is 0 Å². The van der Waals surface area contributed by atoms with Gasteiger partial charge in [0.2, 0.25) is 0 Å². The highest BCUT2D eigenvalue weighted by atomic mass is 16.5. The molecule has 4 rings (SSSR count). The lowest BCUT2D eigenvalue weighted by Crippen LogP contribution is -2.37. The highest BCUT2D eigenvalue weighted by Crippen LogP contribution is 2.22. The van der Waals surface area contributed by atoms with Crippen LogP contribution in [0.3, 0.4) is 0 Å². The fourth-order valence-electron chi connectivity index (χ4n) is 4.12. The van der Waals surface area contributed by atoms with Crippen molar-refractivity contribution in [3.8, 4) is 5.75 Å². The molecule has 5 heteroatoms. The third kappa shape index (κ3) is 4.76. The van der Waals surface area contributed by atoms with Crippen LogP contribution in [0.2, 0.25) is 0 Å². The molecule has 0 N–H and O–H groups in total. The van der Waals surface area contributed by atoms with Crippen molar-refractivity contribution in [2.45, 2.75) is 51.7 Å². The molecule has 1 aromatic carbocycles. The van der Waals surface area contributed by atoms with Gasteiger partial charge < -0.3 is 14.1 Å². The zero-order valence-electron chi connectivity index (χ0n) is 16.7. The van der Waals surface area contributed by atoms with Crippen LogP contribution in [0, 0.1) is 6.92 Å². The first kappa shape index (κ1) is 19.1. The molecular formula is C23H30N2O3. The molecule has 2 saturated heterocycles. The van der Waals surface area contributed by atoms with E-state index in [1.807, 2.05) is 42.2 Å². The topological polar surface area (TPSA) is 45.9 Å². The van der Waals surface area contributed by atoms with E-state index in [1.165, 1.54) is 6.42 Å². The Kier molecular flexibility index (Phi) is 6.01. The number of aryl methyl sites for hydroxylation is 1. The summed E-state index contributed by atoms with van der Waals surface area (Å²) in [5.74, 6) is 3.00. The van der Waals surface area contributed by atoms with Crippen molar-refractivity contribution in [1.29, 1.82) is 0 Å². The Morgan fingerprint density at radius 3 is 2.36 bits per heavy atom. The van der Waals surface area contributed by atoms with Crippen molar-refractivity contribution >= 4 is 5.91 Å². The van der Waals surface area contributed by atoms with Crippen molar-refractivity contribution in [2.75, 3.05) is 26.2 Å². The molecule has 0 radical (unpaired) electrons. The molecule has 2 fully saturated rings. The average molecular weight is 383 g/mol. The number of hydrogen-bond acceptors (Lipinski definition) is 4. The number of hydrogen-bond donors (Lipinski definition) is 0. The Labute approximate surface area is 167 Å². The molecule has 2 aliphatic rings. The van der Waals surface area contributed by atoms with Crippen LogP contribution in [0.15, 0.2) is 40.8 Å². The van der Waals surface area contributed by atoms with Crippen LogP contribution in [-0.4, -0.2) is 48.0 Å². The summed E-state index contributed by atoms with van der Waals surface area (Å²) in [6.45, 7) is 6.63. The maximum atomic E-state index is 12.6. The summed E-state index contributed by atoms with van der Waals surface area (Å²) in [7, 11) is 0. The summed E-state index contributed by atoms with van der Waals surface area (Å²) < 4.78 is 11.8. The van der Waals surface area contributed by atoms with Crippen LogP contribution in [0.4, 0.5) is 0 Å². The third-order valence-electron chi connectivity index (χ3n) is 5.76. The van der Waals surface area contributed by atoms with E-state index in [2.05, 4.69) is 11.0 Å². The molecule has 0 unspecified atom stereocenters. The fourth-order valence-corrected chi connectivity index (χ4v) is 4.12. The van der Waals surface area contributed by atoms with E-state index in [4.69, 9.17) is 9.15 Å². The molecule has 0 saturated carbocycles. The lowest BCUT2D eigenvalue weighted by molar-refractivity contribution is 0.0724. The van der Waals surface area contributed by atoms with Gasteiger partial charge in [0, 0.05) is 31.7 Å². The number of piperidine rings is 2. The minimum absolute atomic E-state index is 0.146. The SMILES string of the molecule is Cc1ccc(CN2CCC(Oc3ccc(C(=O)N4CCCCC4)cc3)CC2)o1. The molecule has 28 heavy (non-hydrogen) atoms. The van der Waals surface area contributed by atoms with Gasteiger partial charge in [0.1, 0.15) is 23.4 Å². The summed E-state index contributed by atoms with van der Waals surface area (Å²) >= 11 is 0. The van der Waals surface area contributed by atoms with E-state index in [9.17, 15) is 4.79 Å².